The molecule has 1 aliphatic carbocycles. The van der Waals surface area contributed by atoms with Gasteiger partial charge in [0.05, 0.1) is 0 Å². The number of rotatable bonds is 6. The van der Waals surface area contributed by atoms with Gasteiger partial charge < -0.3 is 10.2 Å². The van der Waals surface area contributed by atoms with Crippen LogP contribution in [-0.2, 0) is 4.79 Å². The molecule has 1 heterocycles. The summed E-state index contributed by atoms with van der Waals surface area (Å²) in [7, 11) is 0. The van der Waals surface area contributed by atoms with Gasteiger partial charge in [-0.3, -0.25) is 4.79 Å². The minimum absolute atomic E-state index is 0.0821. The molecular weight excluding hydrogens is 291 g/mol. The first-order chi connectivity index (χ1) is 11.2. The molecule has 1 aromatic rings. The number of benzene rings is 1. The van der Waals surface area contributed by atoms with E-state index in [1.54, 1.807) is 12.1 Å². The summed E-state index contributed by atoms with van der Waals surface area (Å²) in [5.41, 5.74) is 1.08. The van der Waals surface area contributed by atoms with Crippen LogP contribution in [0.25, 0.3) is 0 Å². The van der Waals surface area contributed by atoms with Gasteiger partial charge in [-0.25, -0.2) is 4.39 Å². The lowest BCUT2D eigenvalue weighted by Gasteiger charge is -2.19. The molecule has 2 unspecified atom stereocenters. The molecule has 126 valence electrons. The largest absolute Gasteiger partial charge is 0.356 e. The van der Waals surface area contributed by atoms with Gasteiger partial charge in [0.2, 0.25) is 5.91 Å². The molecular formula is C19H27FN2O. The molecule has 1 amide bonds. The Hall–Kier alpha value is -1.42. The third-order valence-corrected chi connectivity index (χ3v) is 5.07. The van der Waals surface area contributed by atoms with Crippen molar-refractivity contribution in [1.29, 1.82) is 0 Å². The average molecular weight is 318 g/mol. The van der Waals surface area contributed by atoms with Crippen molar-refractivity contribution in [2.75, 3.05) is 26.2 Å². The third kappa shape index (κ3) is 4.77. The molecule has 1 aromatic carbocycles. The van der Waals surface area contributed by atoms with E-state index in [4.69, 9.17) is 0 Å². The molecule has 1 N–H and O–H groups in total. The lowest BCUT2D eigenvalue weighted by atomic mass is 10.1. The highest BCUT2D eigenvalue weighted by atomic mass is 19.1. The number of halogens is 1. The Labute approximate surface area is 138 Å². The summed E-state index contributed by atoms with van der Waals surface area (Å²) in [6.07, 6.45) is 7.27. The predicted octanol–water partition coefficient (Wildman–Crippen LogP) is 3.31. The number of hydrogen-bond donors (Lipinski definition) is 1. The summed E-state index contributed by atoms with van der Waals surface area (Å²) in [5.74, 6) is 0.305. The van der Waals surface area contributed by atoms with E-state index < -0.39 is 0 Å². The summed E-state index contributed by atoms with van der Waals surface area (Å²) >= 11 is 0. The zero-order chi connectivity index (χ0) is 16.1. The van der Waals surface area contributed by atoms with Crippen molar-refractivity contribution in [2.24, 2.45) is 5.92 Å². The first kappa shape index (κ1) is 16.4. The van der Waals surface area contributed by atoms with Crippen LogP contribution in [0.3, 0.4) is 0 Å². The Balaban J connectivity index is 1.33. The van der Waals surface area contributed by atoms with Gasteiger partial charge in [-0.05, 0) is 68.9 Å². The Morgan fingerprint density at radius 2 is 1.83 bits per heavy atom. The molecule has 0 bridgehead atoms. The van der Waals surface area contributed by atoms with Gasteiger partial charge in [-0.15, -0.1) is 0 Å². The van der Waals surface area contributed by atoms with E-state index in [2.05, 4.69) is 10.2 Å². The van der Waals surface area contributed by atoms with E-state index in [1.807, 2.05) is 0 Å². The number of hydrogen-bond acceptors (Lipinski definition) is 2. The van der Waals surface area contributed by atoms with E-state index in [1.165, 1.54) is 50.9 Å². The van der Waals surface area contributed by atoms with Gasteiger partial charge in [0.1, 0.15) is 5.82 Å². The molecule has 4 heteroatoms. The fraction of sp³-hybridized carbons (Fsp3) is 0.632. The molecule has 23 heavy (non-hydrogen) atoms. The van der Waals surface area contributed by atoms with Crippen molar-refractivity contribution in [3.8, 4) is 0 Å². The standard InChI is InChI=1S/C19H27FN2O/c20-16-8-6-15(7-9-16)17-14-18(17)19(23)21-10-5-13-22-11-3-1-2-4-12-22/h6-9,17-18H,1-5,10-14H2,(H,21,23). The molecule has 3 rings (SSSR count). The fourth-order valence-electron chi connectivity index (χ4n) is 3.57. The molecule has 1 aliphatic heterocycles. The van der Waals surface area contributed by atoms with Gasteiger partial charge in [-0.2, -0.15) is 0 Å². The van der Waals surface area contributed by atoms with Crippen LogP contribution in [0.2, 0.25) is 0 Å². The summed E-state index contributed by atoms with van der Waals surface area (Å²) in [6, 6.07) is 6.55. The van der Waals surface area contributed by atoms with E-state index in [9.17, 15) is 9.18 Å². The summed E-state index contributed by atoms with van der Waals surface area (Å²) in [4.78, 5) is 14.7. The maximum Gasteiger partial charge on any atom is 0.223 e. The molecule has 3 nitrogen and oxygen atoms in total. The zero-order valence-corrected chi connectivity index (χ0v) is 13.8. The van der Waals surface area contributed by atoms with Crippen molar-refractivity contribution in [2.45, 2.75) is 44.4 Å². The average Bonchev–Trinajstić information content (AvgIpc) is 3.36. The second-order valence-electron chi connectivity index (χ2n) is 6.90. The quantitative estimate of drug-likeness (QED) is 0.816. The van der Waals surface area contributed by atoms with Gasteiger partial charge in [0, 0.05) is 12.5 Å². The fourth-order valence-corrected chi connectivity index (χ4v) is 3.57. The number of nitrogens with zero attached hydrogens (tertiary/aromatic N) is 1. The summed E-state index contributed by atoms with van der Waals surface area (Å²) in [5, 5.41) is 3.07. The minimum Gasteiger partial charge on any atom is -0.356 e. The molecule has 0 aromatic heterocycles. The Morgan fingerprint density at radius 3 is 2.52 bits per heavy atom. The second-order valence-corrected chi connectivity index (χ2v) is 6.90. The maximum atomic E-state index is 12.9. The number of carbonyl (C=O) groups excluding carboxylic acids is 1. The Morgan fingerprint density at radius 1 is 1.13 bits per heavy atom. The molecule has 2 fully saturated rings. The third-order valence-electron chi connectivity index (χ3n) is 5.07. The van der Waals surface area contributed by atoms with Crippen molar-refractivity contribution in [3.63, 3.8) is 0 Å². The first-order valence-electron chi connectivity index (χ1n) is 8.99. The number of likely N-dealkylation sites (tertiary alicyclic amines) is 1. The number of amides is 1. The van der Waals surface area contributed by atoms with Gasteiger partial charge in [-0.1, -0.05) is 25.0 Å². The highest BCUT2D eigenvalue weighted by molar-refractivity contribution is 5.82. The first-order valence-corrected chi connectivity index (χ1v) is 8.99. The van der Waals surface area contributed by atoms with E-state index in [0.29, 0.717) is 0 Å². The second kappa shape index (κ2) is 7.91. The number of carbonyl (C=O) groups is 1. The molecule has 0 spiro atoms. The van der Waals surface area contributed by atoms with Crippen LogP contribution in [0.4, 0.5) is 4.39 Å². The maximum absolute atomic E-state index is 12.9. The Bertz CT molecular complexity index is 509. The molecule has 2 atom stereocenters. The van der Waals surface area contributed by atoms with E-state index in [-0.39, 0.29) is 23.6 Å². The lowest BCUT2D eigenvalue weighted by molar-refractivity contribution is -0.122. The summed E-state index contributed by atoms with van der Waals surface area (Å²) in [6.45, 7) is 4.28. The molecule has 0 radical (unpaired) electrons. The SMILES string of the molecule is O=C(NCCCN1CCCCCC1)C1CC1c1ccc(F)cc1. The van der Waals surface area contributed by atoms with Crippen molar-refractivity contribution < 1.29 is 9.18 Å². The normalized spacial score (nSPS) is 24.9. The summed E-state index contributed by atoms with van der Waals surface area (Å²) < 4.78 is 12.9. The number of nitrogens with one attached hydrogen (secondary N) is 1. The van der Waals surface area contributed by atoms with Crippen LogP contribution >= 0.6 is 0 Å². The molecule has 2 aliphatic rings. The van der Waals surface area contributed by atoms with E-state index >= 15 is 0 Å². The van der Waals surface area contributed by atoms with Crippen LogP contribution in [0.15, 0.2) is 24.3 Å². The minimum atomic E-state index is -0.219. The van der Waals surface area contributed by atoms with Crippen molar-refractivity contribution in [1.82, 2.24) is 10.2 Å². The van der Waals surface area contributed by atoms with Gasteiger partial charge >= 0.3 is 0 Å². The van der Waals surface area contributed by atoms with Gasteiger partial charge in [0.15, 0.2) is 0 Å². The highest BCUT2D eigenvalue weighted by Gasteiger charge is 2.43. The lowest BCUT2D eigenvalue weighted by Crippen LogP contribution is -2.31. The van der Waals surface area contributed by atoms with Crippen LogP contribution in [-0.4, -0.2) is 37.0 Å². The highest BCUT2D eigenvalue weighted by Crippen LogP contribution is 2.47. The predicted molar refractivity (Wildman–Crippen MR) is 89.8 cm³/mol. The smallest absolute Gasteiger partial charge is 0.223 e. The van der Waals surface area contributed by atoms with Crippen LogP contribution < -0.4 is 5.32 Å². The molecule has 1 saturated carbocycles. The monoisotopic (exact) mass is 318 g/mol. The topological polar surface area (TPSA) is 32.3 Å². The molecule has 1 saturated heterocycles. The van der Waals surface area contributed by atoms with Crippen molar-refractivity contribution >= 4 is 5.91 Å². The van der Waals surface area contributed by atoms with Crippen molar-refractivity contribution in [3.05, 3.63) is 35.6 Å². The van der Waals surface area contributed by atoms with Gasteiger partial charge in [0.25, 0.3) is 0 Å². The van der Waals surface area contributed by atoms with Crippen LogP contribution in [0.5, 0.6) is 0 Å². The van der Waals surface area contributed by atoms with Crippen LogP contribution in [0.1, 0.15) is 50.0 Å². The van der Waals surface area contributed by atoms with Crippen LogP contribution in [0, 0.1) is 11.7 Å². The van der Waals surface area contributed by atoms with E-state index in [0.717, 1.165) is 31.5 Å². The zero-order valence-electron chi connectivity index (χ0n) is 13.8. The Kier molecular flexibility index (Phi) is 5.65.